The third-order valence-electron chi connectivity index (χ3n) is 5.42. The summed E-state index contributed by atoms with van der Waals surface area (Å²) in [5, 5.41) is 6.45. The summed E-state index contributed by atoms with van der Waals surface area (Å²) in [7, 11) is 0. The first-order chi connectivity index (χ1) is 13.7. The van der Waals surface area contributed by atoms with Gasteiger partial charge in [-0.05, 0) is 31.9 Å². The number of aromatic nitrogens is 2. The zero-order valence-corrected chi connectivity index (χ0v) is 16.5. The van der Waals surface area contributed by atoms with Gasteiger partial charge < -0.3 is 19.4 Å². The van der Waals surface area contributed by atoms with Crippen LogP contribution in [-0.2, 0) is 4.74 Å². The number of oxazole rings is 1. The number of hydrogen-bond donors (Lipinski definition) is 1. The van der Waals surface area contributed by atoms with Crippen molar-refractivity contribution in [1.82, 2.24) is 15.3 Å². The van der Waals surface area contributed by atoms with E-state index in [1.54, 1.807) is 19.2 Å². The second kappa shape index (κ2) is 7.18. The fraction of sp³-hybridized carbons (Fsp3) is 0.450. The molecular weight excluding hydrogens is 376 g/mol. The van der Waals surface area contributed by atoms with Crippen molar-refractivity contribution in [2.75, 3.05) is 24.6 Å². The fourth-order valence-corrected chi connectivity index (χ4v) is 4.85. The molecule has 2 bridgehead atoms. The van der Waals surface area contributed by atoms with Crippen LogP contribution in [0.4, 0.5) is 6.01 Å². The van der Waals surface area contributed by atoms with E-state index in [2.05, 4.69) is 15.2 Å². The first-order valence-corrected chi connectivity index (χ1v) is 10.6. The molecule has 1 N–H and O–H groups in total. The van der Waals surface area contributed by atoms with E-state index >= 15 is 0 Å². The van der Waals surface area contributed by atoms with E-state index < -0.39 is 0 Å². The summed E-state index contributed by atoms with van der Waals surface area (Å²) in [6, 6.07) is 5.13. The van der Waals surface area contributed by atoms with Gasteiger partial charge >= 0.3 is 5.97 Å². The molecule has 2 atom stereocenters. The molecule has 7 nitrogen and oxygen atoms in total. The average Bonchev–Trinajstić information content (AvgIpc) is 3.37. The highest BCUT2D eigenvalue weighted by atomic mass is 32.1. The zero-order chi connectivity index (χ0) is 19.1. The maximum absolute atomic E-state index is 12.5. The standard InChI is InChI=1S/C20H22N4O3S/c1-2-26-19(25)14-6-7-15(18-21-8-9-28-18)17-16(14)23-20(27-17)24-10-12-4-3-5-13(11-24)22-12/h6-9,12-13,22H,2-5,10-11H2,1H3. The Hall–Kier alpha value is -2.45. The maximum Gasteiger partial charge on any atom is 0.340 e. The number of carbonyl (C=O) groups excluding carboxylic acids is 1. The first kappa shape index (κ1) is 17.6. The summed E-state index contributed by atoms with van der Waals surface area (Å²) in [5.74, 6) is -0.379. The number of esters is 1. The van der Waals surface area contributed by atoms with E-state index in [1.165, 1.54) is 30.6 Å². The van der Waals surface area contributed by atoms with Crippen LogP contribution >= 0.6 is 11.3 Å². The quantitative estimate of drug-likeness (QED) is 0.674. The molecule has 0 aliphatic carbocycles. The molecule has 3 aromatic rings. The molecule has 0 spiro atoms. The van der Waals surface area contributed by atoms with Gasteiger partial charge in [0.25, 0.3) is 6.01 Å². The predicted molar refractivity (Wildman–Crippen MR) is 108 cm³/mol. The monoisotopic (exact) mass is 398 g/mol. The third-order valence-corrected chi connectivity index (χ3v) is 6.23. The minimum Gasteiger partial charge on any atom is -0.462 e. The number of nitrogens with one attached hydrogen (secondary N) is 1. The summed E-state index contributed by atoms with van der Waals surface area (Å²) in [6.07, 6.45) is 5.38. The number of hydrogen-bond acceptors (Lipinski definition) is 8. The molecule has 1 aromatic carbocycles. The van der Waals surface area contributed by atoms with Crippen molar-refractivity contribution in [3.63, 3.8) is 0 Å². The molecule has 5 rings (SSSR count). The van der Waals surface area contributed by atoms with E-state index in [1.807, 2.05) is 11.4 Å². The van der Waals surface area contributed by atoms with Gasteiger partial charge in [-0.3, -0.25) is 0 Å². The fourth-order valence-electron chi connectivity index (χ4n) is 4.19. The lowest BCUT2D eigenvalue weighted by Gasteiger charge is -2.41. The number of benzene rings is 1. The lowest BCUT2D eigenvalue weighted by Crippen LogP contribution is -2.58. The first-order valence-electron chi connectivity index (χ1n) is 9.74. The summed E-state index contributed by atoms with van der Waals surface area (Å²) in [4.78, 5) is 23.8. The Kier molecular flexibility index (Phi) is 4.52. The van der Waals surface area contributed by atoms with Gasteiger partial charge in [0.05, 0.1) is 17.7 Å². The Morgan fingerprint density at radius 2 is 2.18 bits per heavy atom. The van der Waals surface area contributed by atoms with Gasteiger partial charge in [0.2, 0.25) is 0 Å². The number of anilines is 1. The van der Waals surface area contributed by atoms with Crippen molar-refractivity contribution in [2.45, 2.75) is 38.3 Å². The Labute approximate surface area is 166 Å². The molecule has 0 radical (unpaired) electrons. The maximum atomic E-state index is 12.5. The van der Waals surface area contributed by atoms with Gasteiger partial charge in [-0.15, -0.1) is 11.3 Å². The van der Waals surface area contributed by atoms with E-state index in [-0.39, 0.29) is 5.97 Å². The van der Waals surface area contributed by atoms with Crippen LogP contribution in [0.3, 0.4) is 0 Å². The van der Waals surface area contributed by atoms with Crippen molar-refractivity contribution in [3.05, 3.63) is 29.3 Å². The van der Waals surface area contributed by atoms with Crippen LogP contribution in [0.25, 0.3) is 21.7 Å². The van der Waals surface area contributed by atoms with E-state index in [4.69, 9.17) is 14.1 Å². The average molecular weight is 398 g/mol. The molecular formula is C20H22N4O3S. The molecule has 146 valence electrons. The smallest absolute Gasteiger partial charge is 0.340 e. The number of ether oxygens (including phenoxy) is 1. The van der Waals surface area contributed by atoms with Crippen molar-refractivity contribution in [1.29, 1.82) is 0 Å². The molecule has 4 heterocycles. The van der Waals surface area contributed by atoms with Crippen LogP contribution in [0.15, 0.2) is 28.1 Å². The van der Waals surface area contributed by atoms with Crippen molar-refractivity contribution in [2.24, 2.45) is 0 Å². The molecule has 0 saturated carbocycles. The van der Waals surface area contributed by atoms with Crippen molar-refractivity contribution < 1.29 is 13.9 Å². The lowest BCUT2D eigenvalue weighted by molar-refractivity contribution is 0.0528. The molecule has 2 saturated heterocycles. The highest BCUT2D eigenvalue weighted by molar-refractivity contribution is 7.13. The summed E-state index contributed by atoms with van der Waals surface area (Å²) < 4.78 is 11.5. The minimum atomic E-state index is -0.379. The SMILES string of the molecule is CCOC(=O)c1ccc(-c2nccs2)c2oc(N3CC4CCCC(C3)N4)nc12. The van der Waals surface area contributed by atoms with Gasteiger partial charge in [0, 0.05) is 36.8 Å². The van der Waals surface area contributed by atoms with Crippen LogP contribution in [-0.4, -0.2) is 47.7 Å². The number of piperidine rings is 1. The van der Waals surface area contributed by atoms with Crippen LogP contribution in [0.5, 0.6) is 0 Å². The lowest BCUT2D eigenvalue weighted by atomic mass is 9.94. The number of nitrogens with zero attached hydrogens (tertiary/aromatic N) is 3. The van der Waals surface area contributed by atoms with Crippen LogP contribution < -0.4 is 10.2 Å². The van der Waals surface area contributed by atoms with Gasteiger partial charge in [-0.25, -0.2) is 9.78 Å². The second-order valence-electron chi connectivity index (χ2n) is 7.29. The molecule has 2 aliphatic rings. The van der Waals surface area contributed by atoms with Gasteiger partial charge in [-0.1, -0.05) is 6.42 Å². The normalized spacial score (nSPS) is 21.8. The van der Waals surface area contributed by atoms with E-state index in [0.717, 1.165) is 23.7 Å². The second-order valence-corrected chi connectivity index (χ2v) is 8.18. The van der Waals surface area contributed by atoms with Crippen molar-refractivity contribution >= 4 is 34.4 Å². The minimum absolute atomic E-state index is 0.320. The molecule has 28 heavy (non-hydrogen) atoms. The van der Waals surface area contributed by atoms with Gasteiger partial charge in [0.15, 0.2) is 5.58 Å². The highest BCUT2D eigenvalue weighted by Crippen LogP contribution is 2.36. The molecule has 2 aliphatic heterocycles. The Morgan fingerprint density at radius 1 is 1.36 bits per heavy atom. The van der Waals surface area contributed by atoms with Crippen LogP contribution in [0, 0.1) is 0 Å². The predicted octanol–water partition coefficient (Wildman–Crippen LogP) is 3.46. The Bertz CT molecular complexity index is 988. The molecule has 0 amide bonds. The number of carbonyl (C=O) groups is 1. The third kappa shape index (κ3) is 3.06. The van der Waals surface area contributed by atoms with Crippen LogP contribution in [0.1, 0.15) is 36.5 Å². The zero-order valence-electron chi connectivity index (χ0n) is 15.7. The van der Waals surface area contributed by atoms with Crippen LogP contribution in [0.2, 0.25) is 0 Å². The largest absolute Gasteiger partial charge is 0.462 e. The van der Waals surface area contributed by atoms with E-state index in [0.29, 0.717) is 41.4 Å². The number of thiazole rings is 1. The summed E-state index contributed by atoms with van der Waals surface area (Å²) >= 11 is 1.54. The summed E-state index contributed by atoms with van der Waals surface area (Å²) in [5.41, 5.74) is 2.43. The Balaban J connectivity index is 1.60. The molecule has 2 unspecified atom stereocenters. The molecule has 2 fully saturated rings. The Morgan fingerprint density at radius 3 is 2.89 bits per heavy atom. The van der Waals surface area contributed by atoms with Crippen molar-refractivity contribution in [3.8, 4) is 10.6 Å². The number of fused-ring (bicyclic) bond motifs is 3. The molecule has 8 heteroatoms. The van der Waals surface area contributed by atoms with Gasteiger partial charge in [-0.2, -0.15) is 4.98 Å². The number of piperazine rings is 1. The summed E-state index contributed by atoms with van der Waals surface area (Å²) in [6.45, 7) is 3.85. The molecule has 2 aromatic heterocycles. The topological polar surface area (TPSA) is 80.5 Å². The van der Waals surface area contributed by atoms with Gasteiger partial charge in [0.1, 0.15) is 10.5 Å². The number of rotatable bonds is 4. The highest BCUT2D eigenvalue weighted by Gasteiger charge is 2.32. The van der Waals surface area contributed by atoms with E-state index in [9.17, 15) is 4.79 Å².